The minimum absolute atomic E-state index is 0.0823. The van der Waals surface area contributed by atoms with Crippen molar-refractivity contribution in [2.45, 2.75) is 12.3 Å². The zero-order chi connectivity index (χ0) is 19.5. The van der Waals surface area contributed by atoms with Crippen LogP contribution in [0.2, 0.25) is 0 Å². The maximum Gasteiger partial charge on any atom is 0.249 e. The van der Waals surface area contributed by atoms with Gasteiger partial charge in [0.05, 0.1) is 11.0 Å². The monoisotopic (exact) mass is 369 g/mol. The molecule has 0 bridgehead atoms. The van der Waals surface area contributed by atoms with Crippen LogP contribution in [0.3, 0.4) is 0 Å². The number of aromatic nitrogens is 2. The maximum atomic E-state index is 13.8. The van der Waals surface area contributed by atoms with Gasteiger partial charge in [-0.25, -0.2) is 4.98 Å². The van der Waals surface area contributed by atoms with Crippen molar-refractivity contribution in [3.8, 4) is 5.75 Å². The molecule has 28 heavy (non-hydrogen) atoms. The molecule has 2 heterocycles. The van der Waals surface area contributed by atoms with E-state index in [0.29, 0.717) is 11.4 Å². The number of phenolic OH excluding ortho intramolecular Hbond substituents is 1. The highest BCUT2D eigenvalue weighted by atomic mass is 16.3. The molecule has 1 aliphatic heterocycles. The molecule has 0 saturated heterocycles. The van der Waals surface area contributed by atoms with Crippen LogP contribution in [0.4, 0.5) is 5.69 Å². The Morgan fingerprint density at radius 2 is 1.75 bits per heavy atom. The van der Waals surface area contributed by atoms with Gasteiger partial charge in [0.1, 0.15) is 11.6 Å². The predicted molar refractivity (Wildman–Crippen MR) is 109 cm³/mol. The number of benzene rings is 3. The smallest absolute Gasteiger partial charge is 0.249 e. The van der Waals surface area contributed by atoms with Crippen molar-refractivity contribution in [3.05, 3.63) is 89.2 Å². The van der Waals surface area contributed by atoms with Gasteiger partial charge in [-0.15, -0.1) is 0 Å². The molecular weight excluding hydrogens is 350 g/mol. The van der Waals surface area contributed by atoms with Gasteiger partial charge >= 0.3 is 0 Å². The first-order chi connectivity index (χ1) is 13.5. The fraction of sp³-hybridized carbons (Fsp3) is 0.130. The third-order valence-electron chi connectivity index (χ3n) is 5.60. The number of carbonyl (C=O) groups is 1. The van der Waals surface area contributed by atoms with Crippen LogP contribution in [0.25, 0.3) is 11.0 Å². The van der Waals surface area contributed by atoms with Gasteiger partial charge in [0.25, 0.3) is 0 Å². The molecule has 5 rings (SSSR count). The van der Waals surface area contributed by atoms with Gasteiger partial charge < -0.3 is 15.0 Å². The highest BCUT2D eigenvalue weighted by molar-refractivity contribution is 6.12. The summed E-state index contributed by atoms with van der Waals surface area (Å²) in [5.74, 6) is 0.445. The second kappa shape index (κ2) is 5.70. The Hall–Kier alpha value is -3.60. The standard InChI is InChI=1S/C23H19N3O2/c1-14-11-12-16(20(27)13-14)23(21-24-17-8-4-5-9-18(17)25-21)15-7-3-6-10-19(15)26(2)22(23)28/h3-13,27H,1-2H3,(H,24,25). The van der Waals surface area contributed by atoms with Crippen LogP contribution in [0.15, 0.2) is 66.7 Å². The second-order valence-electron chi connectivity index (χ2n) is 7.25. The summed E-state index contributed by atoms with van der Waals surface area (Å²) >= 11 is 0. The maximum absolute atomic E-state index is 13.8. The molecule has 5 heteroatoms. The average molecular weight is 369 g/mol. The number of hydrogen-bond donors (Lipinski definition) is 2. The average Bonchev–Trinajstić information content (AvgIpc) is 3.22. The Balaban J connectivity index is 1.92. The van der Waals surface area contributed by atoms with Gasteiger partial charge in [0.2, 0.25) is 5.91 Å². The van der Waals surface area contributed by atoms with E-state index in [9.17, 15) is 9.90 Å². The van der Waals surface area contributed by atoms with Crippen molar-refractivity contribution in [1.29, 1.82) is 0 Å². The number of carbonyl (C=O) groups excluding carboxylic acids is 1. The van der Waals surface area contributed by atoms with E-state index >= 15 is 0 Å². The normalized spacial score (nSPS) is 18.6. The Labute approximate surface area is 162 Å². The van der Waals surface area contributed by atoms with Gasteiger partial charge in [-0.05, 0) is 36.8 Å². The van der Waals surface area contributed by atoms with E-state index in [1.54, 1.807) is 18.0 Å². The van der Waals surface area contributed by atoms with Crippen molar-refractivity contribution in [2.24, 2.45) is 0 Å². The number of likely N-dealkylation sites (N-methyl/N-ethyl adjacent to an activating group) is 1. The molecule has 3 aromatic carbocycles. The Bertz CT molecular complexity index is 1210. The van der Waals surface area contributed by atoms with Crippen molar-refractivity contribution in [2.75, 3.05) is 11.9 Å². The lowest BCUT2D eigenvalue weighted by molar-refractivity contribution is -0.120. The lowest BCUT2D eigenvalue weighted by Crippen LogP contribution is -2.41. The summed E-state index contributed by atoms with van der Waals surface area (Å²) in [5, 5.41) is 10.9. The molecule has 5 nitrogen and oxygen atoms in total. The minimum atomic E-state index is -1.23. The summed E-state index contributed by atoms with van der Waals surface area (Å²) in [6.45, 7) is 1.91. The van der Waals surface area contributed by atoms with Crippen LogP contribution in [-0.4, -0.2) is 28.0 Å². The first-order valence-electron chi connectivity index (χ1n) is 9.16. The molecule has 2 N–H and O–H groups in total. The Morgan fingerprint density at radius 1 is 1.00 bits per heavy atom. The number of H-pyrrole nitrogens is 1. The van der Waals surface area contributed by atoms with Crippen LogP contribution in [0, 0.1) is 6.92 Å². The molecular formula is C23H19N3O2. The van der Waals surface area contributed by atoms with Crippen LogP contribution in [0.1, 0.15) is 22.5 Å². The van der Waals surface area contributed by atoms with Gasteiger partial charge in [-0.2, -0.15) is 0 Å². The van der Waals surface area contributed by atoms with Gasteiger partial charge in [-0.3, -0.25) is 4.79 Å². The number of anilines is 1. The predicted octanol–water partition coefficient (Wildman–Crippen LogP) is 3.89. The summed E-state index contributed by atoms with van der Waals surface area (Å²) in [6.07, 6.45) is 0. The van der Waals surface area contributed by atoms with Crippen molar-refractivity contribution in [3.63, 3.8) is 0 Å². The number of imidazole rings is 1. The quantitative estimate of drug-likeness (QED) is 0.563. The number of amides is 1. The first-order valence-corrected chi connectivity index (χ1v) is 9.16. The molecule has 1 unspecified atom stereocenters. The lowest BCUT2D eigenvalue weighted by atomic mass is 9.74. The number of nitrogens with zero attached hydrogens (tertiary/aromatic N) is 2. The fourth-order valence-electron chi connectivity index (χ4n) is 4.27. The van der Waals surface area contributed by atoms with E-state index in [1.807, 2.05) is 67.6 Å². The fourth-order valence-corrected chi connectivity index (χ4v) is 4.27. The molecule has 0 spiro atoms. The number of hydrogen-bond acceptors (Lipinski definition) is 3. The van der Waals surface area contributed by atoms with E-state index in [0.717, 1.165) is 27.8 Å². The number of aromatic amines is 1. The molecule has 0 radical (unpaired) electrons. The molecule has 0 fully saturated rings. The van der Waals surface area contributed by atoms with Crippen molar-refractivity contribution in [1.82, 2.24) is 9.97 Å². The second-order valence-corrected chi connectivity index (χ2v) is 7.25. The summed E-state index contributed by atoms with van der Waals surface area (Å²) in [7, 11) is 1.76. The van der Waals surface area contributed by atoms with E-state index in [2.05, 4.69) is 4.98 Å². The first kappa shape index (κ1) is 16.6. The van der Waals surface area contributed by atoms with Crippen LogP contribution < -0.4 is 4.90 Å². The van der Waals surface area contributed by atoms with Crippen LogP contribution in [0.5, 0.6) is 5.75 Å². The SMILES string of the molecule is Cc1ccc(C2(c3nc4ccccc4[nH]3)C(=O)N(C)c3ccccc32)c(O)c1. The number of phenols is 1. The Morgan fingerprint density at radius 3 is 2.54 bits per heavy atom. The van der Waals surface area contributed by atoms with E-state index in [1.165, 1.54) is 0 Å². The summed E-state index contributed by atoms with van der Waals surface area (Å²) in [5.41, 5.74) is 3.47. The highest BCUT2D eigenvalue weighted by Gasteiger charge is 2.55. The Kier molecular flexibility index (Phi) is 3.37. The summed E-state index contributed by atoms with van der Waals surface area (Å²) < 4.78 is 0. The number of nitrogens with one attached hydrogen (secondary N) is 1. The molecule has 4 aromatic rings. The van der Waals surface area contributed by atoms with Gasteiger partial charge in [-0.1, -0.05) is 42.5 Å². The molecule has 138 valence electrons. The summed E-state index contributed by atoms with van der Waals surface area (Å²) in [6, 6.07) is 20.8. The third kappa shape index (κ3) is 2.01. The number of rotatable bonds is 2. The zero-order valence-electron chi connectivity index (χ0n) is 15.6. The topological polar surface area (TPSA) is 69.2 Å². The zero-order valence-corrected chi connectivity index (χ0v) is 15.6. The van der Waals surface area contributed by atoms with Crippen molar-refractivity contribution < 1.29 is 9.90 Å². The van der Waals surface area contributed by atoms with Crippen LogP contribution >= 0.6 is 0 Å². The van der Waals surface area contributed by atoms with Gasteiger partial charge in [0, 0.05) is 23.9 Å². The largest absolute Gasteiger partial charge is 0.508 e. The number of aromatic hydroxyl groups is 1. The minimum Gasteiger partial charge on any atom is -0.508 e. The van der Waals surface area contributed by atoms with E-state index < -0.39 is 5.41 Å². The van der Waals surface area contributed by atoms with Gasteiger partial charge in [0.15, 0.2) is 5.41 Å². The molecule has 1 atom stereocenters. The molecule has 0 saturated carbocycles. The van der Waals surface area contributed by atoms with Crippen molar-refractivity contribution >= 4 is 22.6 Å². The van der Waals surface area contributed by atoms with Crippen LogP contribution in [-0.2, 0) is 10.2 Å². The molecule has 0 aliphatic carbocycles. The molecule has 1 aliphatic rings. The molecule has 1 amide bonds. The lowest BCUT2D eigenvalue weighted by Gasteiger charge is -2.27. The van der Waals surface area contributed by atoms with E-state index in [4.69, 9.17) is 4.98 Å². The summed E-state index contributed by atoms with van der Waals surface area (Å²) in [4.78, 5) is 23.5. The number of aryl methyl sites for hydroxylation is 1. The highest BCUT2D eigenvalue weighted by Crippen LogP contribution is 2.51. The third-order valence-corrected chi connectivity index (χ3v) is 5.60. The van der Waals surface area contributed by atoms with E-state index in [-0.39, 0.29) is 11.7 Å². The number of para-hydroxylation sites is 3. The number of fused-ring (bicyclic) bond motifs is 2. The molecule has 1 aromatic heterocycles.